The Morgan fingerprint density at radius 2 is 1.93 bits per heavy atom. The van der Waals surface area contributed by atoms with Gasteiger partial charge in [0.25, 0.3) is 0 Å². The second-order valence-electron chi connectivity index (χ2n) is 4.98. The van der Waals surface area contributed by atoms with Gasteiger partial charge in [-0.05, 0) is 18.8 Å². The number of carbonyl (C=O) groups excluding carboxylic acids is 1. The predicted molar refractivity (Wildman–Crippen MR) is 60.8 cm³/mol. The molecule has 1 rings (SSSR count). The van der Waals surface area contributed by atoms with Crippen molar-refractivity contribution in [2.75, 3.05) is 0 Å². The quantitative estimate of drug-likeness (QED) is 0.524. The Bertz CT molecular complexity index is 209. The summed E-state index contributed by atoms with van der Waals surface area (Å²) >= 11 is 12.3. The molecule has 0 radical (unpaired) electrons. The number of alkyl halides is 2. The van der Waals surface area contributed by atoms with Crippen molar-refractivity contribution in [1.82, 2.24) is 0 Å². The molecule has 1 fully saturated rings. The van der Waals surface area contributed by atoms with E-state index in [0.717, 1.165) is 19.1 Å². The molecule has 1 nitrogen and oxygen atoms in total. The van der Waals surface area contributed by atoms with Crippen molar-refractivity contribution >= 4 is 29.5 Å². The van der Waals surface area contributed by atoms with Gasteiger partial charge in [0.2, 0.25) is 0 Å². The molecule has 2 unspecified atom stereocenters. The summed E-state index contributed by atoms with van der Waals surface area (Å²) in [6.07, 6.45) is 3.69. The van der Waals surface area contributed by atoms with Crippen LogP contribution in [0.5, 0.6) is 0 Å². The number of carbonyl (C=O) groups is 1. The van der Waals surface area contributed by atoms with E-state index in [4.69, 9.17) is 23.2 Å². The van der Waals surface area contributed by atoms with Crippen LogP contribution < -0.4 is 0 Å². The minimum absolute atomic E-state index is 0.0387. The van der Waals surface area contributed by atoms with Crippen LogP contribution in [0.3, 0.4) is 0 Å². The Balaban J connectivity index is 2.31. The monoisotopic (exact) mass is 236 g/mol. The molecule has 1 aliphatic rings. The maximum atomic E-state index is 10.3. The highest BCUT2D eigenvalue weighted by molar-refractivity contribution is 6.51. The first-order chi connectivity index (χ1) is 6.34. The van der Waals surface area contributed by atoms with Gasteiger partial charge in [0.1, 0.15) is 10.6 Å². The fourth-order valence-corrected chi connectivity index (χ4v) is 2.95. The van der Waals surface area contributed by atoms with E-state index in [1.165, 1.54) is 0 Å². The minimum Gasteiger partial charge on any atom is -0.303 e. The Kier molecular flexibility index (Phi) is 3.53. The molecule has 82 valence electrons. The van der Waals surface area contributed by atoms with E-state index < -0.39 is 4.33 Å². The van der Waals surface area contributed by atoms with E-state index in [0.29, 0.717) is 18.3 Å². The number of rotatable bonds is 5. The molecule has 0 N–H and O–H groups in total. The highest BCUT2D eigenvalue weighted by Gasteiger charge is 2.69. The number of hydrogen-bond donors (Lipinski definition) is 0. The zero-order chi connectivity index (χ0) is 11.0. The highest BCUT2D eigenvalue weighted by Crippen LogP contribution is 2.70. The molecule has 3 heteroatoms. The van der Waals surface area contributed by atoms with E-state index in [1.807, 2.05) is 0 Å². The number of halogens is 2. The lowest BCUT2D eigenvalue weighted by atomic mass is 9.98. The Labute approximate surface area is 96.2 Å². The van der Waals surface area contributed by atoms with Crippen molar-refractivity contribution < 1.29 is 4.79 Å². The van der Waals surface area contributed by atoms with Crippen LogP contribution in [0.2, 0.25) is 0 Å². The third-order valence-corrected chi connectivity index (χ3v) is 5.03. The second-order valence-corrected chi connectivity index (χ2v) is 6.37. The van der Waals surface area contributed by atoms with Crippen molar-refractivity contribution in [3.63, 3.8) is 0 Å². The fraction of sp³-hybridized carbons (Fsp3) is 0.909. The van der Waals surface area contributed by atoms with Crippen molar-refractivity contribution in [3.05, 3.63) is 0 Å². The third kappa shape index (κ3) is 2.09. The predicted octanol–water partition coefficient (Wildman–Crippen LogP) is 3.82. The van der Waals surface area contributed by atoms with Gasteiger partial charge in [-0.25, -0.2) is 0 Å². The molecule has 0 aromatic carbocycles. The molecule has 0 amide bonds. The van der Waals surface area contributed by atoms with Gasteiger partial charge < -0.3 is 4.79 Å². The number of hydrogen-bond acceptors (Lipinski definition) is 1. The van der Waals surface area contributed by atoms with Crippen LogP contribution >= 0.6 is 23.2 Å². The van der Waals surface area contributed by atoms with E-state index in [1.54, 1.807) is 0 Å². The molecular formula is C11H18Cl2O. The normalized spacial score (nSPS) is 29.6. The van der Waals surface area contributed by atoms with Crippen LogP contribution in [0.4, 0.5) is 0 Å². The van der Waals surface area contributed by atoms with E-state index >= 15 is 0 Å². The first kappa shape index (κ1) is 12.3. The molecular weight excluding hydrogens is 219 g/mol. The summed E-state index contributed by atoms with van der Waals surface area (Å²) in [5.74, 6) is 0.834. The molecule has 0 aromatic heterocycles. The van der Waals surface area contributed by atoms with Gasteiger partial charge in [-0.3, -0.25) is 0 Å². The molecule has 14 heavy (non-hydrogen) atoms. The Morgan fingerprint density at radius 3 is 2.29 bits per heavy atom. The lowest BCUT2D eigenvalue weighted by Gasteiger charge is -2.07. The molecule has 0 aliphatic heterocycles. The van der Waals surface area contributed by atoms with Crippen molar-refractivity contribution in [2.45, 2.75) is 44.4 Å². The van der Waals surface area contributed by atoms with Crippen molar-refractivity contribution in [3.8, 4) is 0 Å². The first-order valence-corrected chi connectivity index (χ1v) is 5.91. The fourth-order valence-electron chi connectivity index (χ4n) is 2.03. The van der Waals surface area contributed by atoms with Gasteiger partial charge >= 0.3 is 0 Å². The topological polar surface area (TPSA) is 17.1 Å². The number of aldehydes is 1. The summed E-state index contributed by atoms with van der Waals surface area (Å²) in [6.45, 7) is 6.29. The van der Waals surface area contributed by atoms with Crippen LogP contribution in [0.15, 0.2) is 0 Å². The molecule has 0 bridgehead atoms. The average Bonchev–Trinajstić information content (AvgIpc) is 2.41. The average molecular weight is 237 g/mol. The summed E-state index contributed by atoms with van der Waals surface area (Å²) in [4.78, 5) is 10.3. The molecule has 2 atom stereocenters. The van der Waals surface area contributed by atoms with Crippen LogP contribution in [0, 0.1) is 17.3 Å². The molecule has 0 saturated heterocycles. The van der Waals surface area contributed by atoms with Crippen molar-refractivity contribution in [1.29, 1.82) is 0 Å². The van der Waals surface area contributed by atoms with E-state index in [-0.39, 0.29) is 5.41 Å². The first-order valence-electron chi connectivity index (χ1n) is 5.15. The summed E-state index contributed by atoms with van der Waals surface area (Å²) < 4.78 is -0.548. The summed E-state index contributed by atoms with van der Waals surface area (Å²) in [5, 5.41) is 0. The van der Waals surface area contributed by atoms with Crippen LogP contribution in [-0.4, -0.2) is 10.6 Å². The van der Waals surface area contributed by atoms with Gasteiger partial charge in [-0.1, -0.05) is 20.8 Å². The smallest absolute Gasteiger partial charge is 0.127 e. The summed E-state index contributed by atoms with van der Waals surface area (Å²) in [7, 11) is 0. The zero-order valence-electron chi connectivity index (χ0n) is 9.02. The van der Waals surface area contributed by atoms with Crippen LogP contribution in [0.1, 0.15) is 40.0 Å². The van der Waals surface area contributed by atoms with Gasteiger partial charge in [-0.15, -0.1) is 23.2 Å². The van der Waals surface area contributed by atoms with Gasteiger partial charge in [0, 0.05) is 17.8 Å². The third-order valence-electron chi connectivity index (χ3n) is 3.53. The largest absolute Gasteiger partial charge is 0.303 e. The van der Waals surface area contributed by atoms with Gasteiger partial charge in [0.15, 0.2) is 0 Å². The molecule has 0 heterocycles. The molecule has 0 aromatic rings. The lowest BCUT2D eigenvalue weighted by Crippen LogP contribution is -1.98. The summed E-state index contributed by atoms with van der Waals surface area (Å²) in [5.41, 5.74) is 0.0387. The maximum absolute atomic E-state index is 10.3. The molecule has 1 aliphatic carbocycles. The standard InChI is InChI=1S/C11H18Cl2O/c1-8(6-7-14)4-5-9-10(2,3)11(9,12)13/h7-9H,4-6H2,1-3H3. The van der Waals surface area contributed by atoms with E-state index in [2.05, 4.69) is 20.8 Å². The van der Waals surface area contributed by atoms with E-state index in [9.17, 15) is 4.79 Å². The minimum atomic E-state index is -0.548. The van der Waals surface area contributed by atoms with Gasteiger partial charge in [-0.2, -0.15) is 0 Å². The maximum Gasteiger partial charge on any atom is 0.127 e. The Hall–Kier alpha value is 0.250. The zero-order valence-corrected chi connectivity index (χ0v) is 10.5. The SMILES string of the molecule is CC(CC=O)CCC1C(C)(C)C1(Cl)Cl. The van der Waals surface area contributed by atoms with Crippen LogP contribution in [0.25, 0.3) is 0 Å². The van der Waals surface area contributed by atoms with Gasteiger partial charge in [0.05, 0.1) is 0 Å². The molecule has 1 saturated carbocycles. The van der Waals surface area contributed by atoms with Crippen molar-refractivity contribution in [2.24, 2.45) is 17.3 Å². The van der Waals surface area contributed by atoms with Crippen LogP contribution in [-0.2, 0) is 4.79 Å². The Morgan fingerprint density at radius 1 is 1.43 bits per heavy atom. The summed E-state index contributed by atoms with van der Waals surface area (Å²) in [6, 6.07) is 0. The molecule has 0 spiro atoms. The second kappa shape index (κ2) is 4.02. The highest BCUT2D eigenvalue weighted by atomic mass is 35.5. The lowest BCUT2D eigenvalue weighted by molar-refractivity contribution is -0.108.